The topological polar surface area (TPSA) is 105 Å². The number of carboxylic acid groups (broad SMARTS) is 1. The summed E-state index contributed by atoms with van der Waals surface area (Å²) in [5.41, 5.74) is 2.85. The minimum Gasteiger partial charge on any atom is -0.481 e. The van der Waals surface area contributed by atoms with Crippen LogP contribution in [-0.2, 0) is 14.3 Å². The van der Waals surface area contributed by atoms with Gasteiger partial charge in [0.2, 0.25) is 5.91 Å². The molecule has 1 fully saturated rings. The van der Waals surface area contributed by atoms with Crippen molar-refractivity contribution >= 4 is 18.0 Å². The zero-order valence-electron chi connectivity index (χ0n) is 18.8. The van der Waals surface area contributed by atoms with E-state index in [1.807, 2.05) is 48.5 Å². The third-order valence-electron chi connectivity index (χ3n) is 6.88. The van der Waals surface area contributed by atoms with Gasteiger partial charge in [0.05, 0.1) is 5.92 Å². The van der Waals surface area contributed by atoms with Crippen molar-refractivity contribution in [1.82, 2.24) is 10.6 Å². The van der Waals surface area contributed by atoms with Crippen LogP contribution >= 0.6 is 0 Å². The fourth-order valence-corrected chi connectivity index (χ4v) is 4.54. The molecule has 0 aliphatic heterocycles. The van der Waals surface area contributed by atoms with E-state index in [9.17, 15) is 23.2 Å². The van der Waals surface area contributed by atoms with E-state index in [2.05, 4.69) is 10.6 Å². The lowest BCUT2D eigenvalue weighted by Gasteiger charge is -2.28. The molecule has 0 spiro atoms. The van der Waals surface area contributed by atoms with Crippen LogP contribution < -0.4 is 10.6 Å². The number of alkyl halides is 2. The van der Waals surface area contributed by atoms with E-state index in [0.717, 1.165) is 22.3 Å². The molecule has 4 rings (SSSR count). The van der Waals surface area contributed by atoms with Crippen molar-refractivity contribution in [1.29, 1.82) is 0 Å². The van der Waals surface area contributed by atoms with Crippen molar-refractivity contribution in [2.24, 2.45) is 11.8 Å². The Morgan fingerprint density at radius 1 is 1.06 bits per heavy atom. The summed E-state index contributed by atoms with van der Waals surface area (Å²) >= 11 is 0. The molecule has 2 aromatic rings. The number of alkyl carbamates (subject to hydrolysis) is 1. The predicted octanol–water partition coefficient (Wildman–Crippen LogP) is 3.78. The molecule has 2 aliphatic rings. The largest absolute Gasteiger partial charge is 0.481 e. The molecule has 34 heavy (non-hydrogen) atoms. The SMILES string of the molecule is CCC(C)(NC(=O)OCC1c2ccccc2-c2ccccc21)C(=O)NC[C@@H]1[C@H](C(=O)O)C1(F)F. The molecule has 180 valence electrons. The number of benzene rings is 2. The van der Waals surface area contributed by atoms with Crippen molar-refractivity contribution < 1.29 is 33.0 Å². The maximum atomic E-state index is 13.6. The molecule has 1 unspecified atom stereocenters. The molecule has 7 nitrogen and oxygen atoms in total. The number of hydrogen-bond acceptors (Lipinski definition) is 4. The van der Waals surface area contributed by atoms with Crippen LogP contribution in [0.3, 0.4) is 0 Å². The van der Waals surface area contributed by atoms with Gasteiger partial charge >= 0.3 is 12.1 Å². The quantitative estimate of drug-likeness (QED) is 0.543. The van der Waals surface area contributed by atoms with Crippen LogP contribution in [0.2, 0.25) is 0 Å². The summed E-state index contributed by atoms with van der Waals surface area (Å²) in [7, 11) is 0. The normalized spacial score (nSPS) is 21.5. The predicted molar refractivity (Wildman–Crippen MR) is 119 cm³/mol. The number of aliphatic carboxylic acids is 1. The van der Waals surface area contributed by atoms with Gasteiger partial charge in [0.1, 0.15) is 18.1 Å². The molecule has 0 radical (unpaired) electrons. The summed E-state index contributed by atoms with van der Waals surface area (Å²) in [6.45, 7) is 2.69. The second kappa shape index (κ2) is 8.70. The summed E-state index contributed by atoms with van der Waals surface area (Å²) in [4.78, 5) is 36.2. The zero-order chi connectivity index (χ0) is 24.7. The summed E-state index contributed by atoms with van der Waals surface area (Å²) in [5.74, 6) is -9.07. The molecule has 1 saturated carbocycles. The molecule has 2 amide bonds. The molecule has 0 heterocycles. The van der Waals surface area contributed by atoms with Crippen molar-refractivity contribution in [3.8, 4) is 11.1 Å². The lowest BCUT2D eigenvalue weighted by molar-refractivity contribution is -0.141. The van der Waals surface area contributed by atoms with Crippen LogP contribution in [0.25, 0.3) is 11.1 Å². The Kier molecular flexibility index (Phi) is 6.05. The number of nitrogens with one attached hydrogen (secondary N) is 2. The second-order valence-electron chi connectivity index (χ2n) is 8.94. The number of rotatable bonds is 8. The summed E-state index contributed by atoms with van der Waals surface area (Å²) in [6, 6.07) is 15.8. The summed E-state index contributed by atoms with van der Waals surface area (Å²) in [6.07, 6.45) is -0.631. The summed E-state index contributed by atoms with van der Waals surface area (Å²) < 4.78 is 32.7. The van der Waals surface area contributed by atoms with Crippen LogP contribution in [0.5, 0.6) is 0 Å². The standard InChI is InChI=1S/C25H26F2N2O5/c1-3-24(2,22(32)28-12-19-20(21(30)31)25(19,26)27)29-23(33)34-13-18-16-10-6-4-8-14(16)15-9-5-7-11-17(15)18/h4-11,18-20H,3,12-13H2,1-2H3,(H,28,32)(H,29,33)(H,30,31)/t19-,20-,24?/m1/s1. The molecule has 2 aliphatic carbocycles. The molecule has 0 saturated heterocycles. The van der Waals surface area contributed by atoms with Crippen LogP contribution in [0.4, 0.5) is 13.6 Å². The van der Waals surface area contributed by atoms with E-state index in [-0.39, 0.29) is 18.9 Å². The van der Waals surface area contributed by atoms with Gasteiger partial charge in [-0.15, -0.1) is 0 Å². The van der Waals surface area contributed by atoms with Gasteiger partial charge < -0.3 is 20.5 Å². The number of fused-ring (bicyclic) bond motifs is 3. The molecule has 0 aromatic heterocycles. The third-order valence-corrected chi connectivity index (χ3v) is 6.88. The Morgan fingerprint density at radius 2 is 1.62 bits per heavy atom. The van der Waals surface area contributed by atoms with Crippen LogP contribution in [0.1, 0.15) is 37.3 Å². The first-order valence-electron chi connectivity index (χ1n) is 11.1. The molecule has 3 N–H and O–H groups in total. The first-order chi connectivity index (χ1) is 16.1. The fraction of sp³-hybridized carbons (Fsp3) is 0.400. The lowest BCUT2D eigenvalue weighted by atomic mass is 9.97. The Bertz CT molecular complexity index is 1090. The maximum absolute atomic E-state index is 13.6. The van der Waals surface area contributed by atoms with E-state index < -0.39 is 47.8 Å². The Labute approximate surface area is 195 Å². The smallest absolute Gasteiger partial charge is 0.408 e. The highest BCUT2D eigenvalue weighted by Crippen LogP contribution is 2.55. The van der Waals surface area contributed by atoms with E-state index in [1.165, 1.54) is 6.92 Å². The number of halogens is 2. The van der Waals surface area contributed by atoms with E-state index >= 15 is 0 Å². The van der Waals surface area contributed by atoms with Gasteiger partial charge in [-0.25, -0.2) is 13.6 Å². The average Bonchev–Trinajstić information content (AvgIpc) is 3.23. The number of carbonyl (C=O) groups excluding carboxylic acids is 2. The van der Waals surface area contributed by atoms with Gasteiger partial charge in [0.15, 0.2) is 0 Å². The van der Waals surface area contributed by atoms with Gasteiger partial charge in [0.25, 0.3) is 5.92 Å². The van der Waals surface area contributed by atoms with Gasteiger partial charge in [0, 0.05) is 12.5 Å². The Morgan fingerprint density at radius 3 is 2.12 bits per heavy atom. The highest BCUT2D eigenvalue weighted by Gasteiger charge is 2.72. The van der Waals surface area contributed by atoms with E-state index in [1.54, 1.807) is 6.92 Å². The van der Waals surface area contributed by atoms with Crippen LogP contribution in [0.15, 0.2) is 48.5 Å². The maximum Gasteiger partial charge on any atom is 0.408 e. The van der Waals surface area contributed by atoms with Crippen molar-refractivity contribution in [3.63, 3.8) is 0 Å². The number of amides is 2. The third kappa shape index (κ3) is 4.10. The minimum atomic E-state index is -3.36. The molecule has 0 bridgehead atoms. The van der Waals surface area contributed by atoms with Gasteiger partial charge in [-0.3, -0.25) is 9.59 Å². The van der Waals surface area contributed by atoms with Crippen molar-refractivity contribution in [2.45, 2.75) is 37.6 Å². The van der Waals surface area contributed by atoms with E-state index in [0.29, 0.717) is 0 Å². The Hall–Kier alpha value is -3.49. The van der Waals surface area contributed by atoms with Gasteiger partial charge in [-0.05, 0) is 35.6 Å². The van der Waals surface area contributed by atoms with Crippen molar-refractivity contribution in [2.75, 3.05) is 13.2 Å². The number of carbonyl (C=O) groups is 3. The zero-order valence-corrected chi connectivity index (χ0v) is 18.8. The molecule has 9 heteroatoms. The number of hydrogen-bond donors (Lipinski definition) is 3. The van der Waals surface area contributed by atoms with Gasteiger partial charge in [-0.1, -0.05) is 55.5 Å². The number of ether oxygens (including phenoxy) is 1. The van der Waals surface area contributed by atoms with E-state index in [4.69, 9.17) is 9.84 Å². The highest BCUT2D eigenvalue weighted by atomic mass is 19.3. The van der Waals surface area contributed by atoms with Gasteiger partial charge in [-0.2, -0.15) is 0 Å². The fourth-order valence-electron chi connectivity index (χ4n) is 4.54. The second-order valence-corrected chi connectivity index (χ2v) is 8.94. The summed E-state index contributed by atoms with van der Waals surface area (Å²) in [5, 5.41) is 13.7. The Balaban J connectivity index is 1.36. The lowest BCUT2D eigenvalue weighted by Crippen LogP contribution is -2.57. The number of carboxylic acids is 1. The highest BCUT2D eigenvalue weighted by molar-refractivity contribution is 5.89. The van der Waals surface area contributed by atoms with Crippen LogP contribution in [-0.4, -0.2) is 47.7 Å². The molecular formula is C25H26F2N2O5. The van der Waals surface area contributed by atoms with Crippen LogP contribution in [0, 0.1) is 11.8 Å². The first kappa shape index (κ1) is 23.7. The average molecular weight is 472 g/mol. The minimum absolute atomic E-state index is 0.0653. The first-order valence-corrected chi connectivity index (χ1v) is 11.1. The van der Waals surface area contributed by atoms with Crippen molar-refractivity contribution in [3.05, 3.63) is 59.7 Å². The molecule has 3 atom stereocenters. The molecular weight excluding hydrogens is 446 g/mol. The monoisotopic (exact) mass is 472 g/mol. The molecule has 2 aromatic carbocycles.